The van der Waals surface area contributed by atoms with Crippen molar-refractivity contribution >= 4 is 17.4 Å². The number of nitro benzene ring substituents is 1. The van der Waals surface area contributed by atoms with Gasteiger partial charge in [-0.25, -0.2) is 0 Å². The third kappa shape index (κ3) is 3.31. The molecule has 1 aromatic carbocycles. The Labute approximate surface area is 115 Å². The molecule has 2 aromatic rings. The number of benzene rings is 1. The van der Waals surface area contributed by atoms with Crippen LogP contribution in [0.3, 0.4) is 0 Å². The van der Waals surface area contributed by atoms with E-state index >= 15 is 0 Å². The van der Waals surface area contributed by atoms with E-state index in [0.717, 1.165) is 28.7 Å². The molecule has 0 saturated heterocycles. The number of nitro groups is 1. The summed E-state index contributed by atoms with van der Waals surface area (Å²) < 4.78 is 1.96. The Morgan fingerprint density at radius 2 is 1.95 bits per heavy atom. The SMILES string of the molecule is Cc1nnc(CSCc2ccc([N+](=O)[O-])cc2)n1C. The van der Waals surface area contributed by atoms with Gasteiger partial charge in [0.25, 0.3) is 5.69 Å². The van der Waals surface area contributed by atoms with Gasteiger partial charge in [0.1, 0.15) is 11.6 Å². The highest BCUT2D eigenvalue weighted by atomic mass is 32.2. The van der Waals surface area contributed by atoms with Gasteiger partial charge >= 0.3 is 0 Å². The van der Waals surface area contributed by atoms with Crippen LogP contribution in [0, 0.1) is 17.0 Å². The van der Waals surface area contributed by atoms with Gasteiger partial charge in [-0.2, -0.15) is 0 Å². The second-order valence-electron chi connectivity index (χ2n) is 4.14. The first-order chi connectivity index (χ1) is 9.08. The minimum atomic E-state index is -0.390. The van der Waals surface area contributed by atoms with Gasteiger partial charge < -0.3 is 4.57 Å². The Kier molecular flexibility index (Phi) is 4.16. The van der Waals surface area contributed by atoms with Crippen LogP contribution in [0.2, 0.25) is 0 Å². The number of non-ortho nitro benzene ring substituents is 1. The van der Waals surface area contributed by atoms with Crippen LogP contribution in [0.5, 0.6) is 0 Å². The molecular formula is C12H14N4O2S. The van der Waals surface area contributed by atoms with Crippen molar-refractivity contribution in [3.63, 3.8) is 0 Å². The van der Waals surface area contributed by atoms with Crippen molar-refractivity contribution in [1.82, 2.24) is 14.8 Å². The fourth-order valence-electron chi connectivity index (χ4n) is 1.55. The lowest BCUT2D eigenvalue weighted by Crippen LogP contribution is -1.98. The number of hydrogen-bond acceptors (Lipinski definition) is 5. The van der Waals surface area contributed by atoms with Crippen molar-refractivity contribution in [2.75, 3.05) is 0 Å². The van der Waals surface area contributed by atoms with Crippen molar-refractivity contribution in [3.05, 3.63) is 51.6 Å². The zero-order chi connectivity index (χ0) is 13.8. The maximum absolute atomic E-state index is 10.5. The molecule has 0 spiro atoms. The van der Waals surface area contributed by atoms with Crippen molar-refractivity contribution in [2.45, 2.75) is 18.4 Å². The quantitative estimate of drug-likeness (QED) is 0.620. The van der Waals surface area contributed by atoms with Crippen LogP contribution >= 0.6 is 11.8 Å². The fourth-order valence-corrected chi connectivity index (χ4v) is 2.51. The van der Waals surface area contributed by atoms with E-state index in [-0.39, 0.29) is 10.6 Å². The topological polar surface area (TPSA) is 73.8 Å². The number of nitrogens with zero attached hydrogens (tertiary/aromatic N) is 4. The van der Waals surface area contributed by atoms with E-state index in [1.165, 1.54) is 12.1 Å². The van der Waals surface area contributed by atoms with Gasteiger partial charge in [0.05, 0.1) is 10.7 Å². The number of aromatic nitrogens is 3. The van der Waals surface area contributed by atoms with Crippen molar-refractivity contribution < 1.29 is 4.92 Å². The summed E-state index contributed by atoms with van der Waals surface area (Å²) in [5, 5.41) is 18.6. The summed E-state index contributed by atoms with van der Waals surface area (Å²) in [6, 6.07) is 6.63. The van der Waals surface area contributed by atoms with Crippen LogP contribution in [0.1, 0.15) is 17.2 Å². The molecule has 2 rings (SSSR count). The van der Waals surface area contributed by atoms with Crippen LogP contribution in [0.15, 0.2) is 24.3 Å². The standard InChI is InChI=1S/C12H14N4O2S/c1-9-13-14-12(15(9)2)8-19-7-10-3-5-11(6-4-10)16(17)18/h3-6H,7-8H2,1-2H3. The van der Waals surface area contributed by atoms with Gasteiger partial charge in [0.2, 0.25) is 0 Å². The van der Waals surface area contributed by atoms with Crippen LogP contribution in [0.25, 0.3) is 0 Å². The molecule has 0 saturated carbocycles. The summed E-state index contributed by atoms with van der Waals surface area (Å²) in [5.74, 6) is 3.40. The minimum absolute atomic E-state index is 0.123. The largest absolute Gasteiger partial charge is 0.318 e. The highest BCUT2D eigenvalue weighted by Crippen LogP contribution is 2.19. The third-order valence-electron chi connectivity index (χ3n) is 2.83. The summed E-state index contributed by atoms with van der Waals surface area (Å²) in [7, 11) is 1.94. The zero-order valence-electron chi connectivity index (χ0n) is 10.7. The smallest absolute Gasteiger partial charge is 0.269 e. The molecule has 1 heterocycles. The molecule has 0 fully saturated rings. The summed E-state index contributed by atoms with van der Waals surface area (Å²) in [4.78, 5) is 10.1. The predicted octanol–water partition coefficient (Wildman–Crippen LogP) is 2.47. The third-order valence-corrected chi connectivity index (χ3v) is 3.83. The molecule has 0 radical (unpaired) electrons. The van der Waals surface area contributed by atoms with Crippen LogP contribution in [-0.2, 0) is 18.6 Å². The van der Waals surface area contributed by atoms with Gasteiger partial charge in [0, 0.05) is 24.9 Å². The first-order valence-electron chi connectivity index (χ1n) is 5.74. The first-order valence-corrected chi connectivity index (χ1v) is 6.89. The molecule has 0 amide bonds. The molecule has 0 aliphatic rings. The lowest BCUT2D eigenvalue weighted by molar-refractivity contribution is -0.384. The predicted molar refractivity (Wildman–Crippen MR) is 73.8 cm³/mol. The highest BCUT2D eigenvalue weighted by Gasteiger charge is 2.06. The van der Waals surface area contributed by atoms with Gasteiger partial charge in [-0.15, -0.1) is 22.0 Å². The molecule has 0 aliphatic heterocycles. The molecule has 0 N–H and O–H groups in total. The minimum Gasteiger partial charge on any atom is -0.318 e. The van der Waals surface area contributed by atoms with E-state index in [1.807, 2.05) is 18.5 Å². The van der Waals surface area contributed by atoms with Crippen LogP contribution in [-0.4, -0.2) is 19.7 Å². The first kappa shape index (κ1) is 13.5. The molecule has 0 aliphatic carbocycles. The Morgan fingerprint density at radius 3 is 2.47 bits per heavy atom. The number of rotatable bonds is 5. The maximum atomic E-state index is 10.5. The highest BCUT2D eigenvalue weighted by molar-refractivity contribution is 7.97. The molecular weight excluding hydrogens is 264 g/mol. The van der Waals surface area contributed by atoms with Crippen molar-refractivity contribution in [1.29, 1.82) is 0 Å². The second kappa shape index (κ2) is 5.83. The molecule has 0 atom stereocenters. The Morgan fingerprint density at radius 1 is 1.26 bits per heavy atom. The van der Waals surface area contributed by atoms with Crippen LogP contribution < -0.4 is 0 Å². The van der Waals surface area contributed by atoms with Gasteiger partial charge in [-0.3, -0.25) is 10.1 Å². The number of thioether (sulfide) groups is 1. The van der Waals surface area contributed by atoms with E-state index in [2.05, 4.69) is 10.2 Å². The Balaban J connectivity index is 1.89. The summed E-state index contributed by atoms with van der Waals surface area (Å²) in [5.41, 5.74) is 1.19. The number of aryl methyl sites for hydroxylation is 1. The van der Waals surface area contributed by atoms with E-state index < -0.39 is 0 Å². The molecule has 100 valence electrons. The van der Waals surface area contributed by atoms with Gasteiger partial charge in [-0.05, 0) is 12.5 Å². The van der Waals surface area contributed by atoms with Gasteiger partial charge in [-0.1, -0.05) is 12.1 Å². The van der Waals surface area contributed by atoms with Gasteiger partial charge in [0.15, 0.2) is 0 Å². The summed E-state index contributed by atoms with van der Waals surface area (Å²) in [6.07, 6.45) is 0. The van der Waals surface area contributed by atoms with Crippen molar-refractivity contribution in [2.24, 2.45) is 7.05 Å². The summed E-state index contributed by atoms with van der Waals surface area (Å²) >= 11 is 1.71. The Bertz CT molecular complexity index is 580. The number of hydrogen-bond donors (Lipinski definition) is 0. The fraction of sp³-hybridized carbons (Fsp3) is 0.333. The lowest BCUT2D eigenvalue weighted by atomic mass is 10.2. The maximum Gasteiger partial charge on any atom is 0.269 e. The monoisotopic (exact) mass is 278 g/mol. The lowest BCUT2D eigenvalue weighted by Gasteiger charge is -2.02. The average molecular weight is 278 g/mol. The normalized spacial score (nSPS) is 10.6. The Hall–Kier alpha value is -1.89. The van der Waals surface area contributed by atoms with Crippen LogP contribution in [0.4, 0.5) is 5.69 Å². The molecule has 19 heavy (non-hydrogen) atoms. The van der Waals surface area contributed by atoms with E-state index in [1.54, 1.807) is 23.9 Å². The zero-order valence-corrected chi connectivity index (χ0v) is 11.6. The van der Waals surface area contributed by atoms with E-state index in [9.17, 15) is 10.1 Å². The molecule has 1 aromatic heterocycles. The average Bonchev–Trinajstić information content (AvgIpc) is 2.71. The second-order valence-corrected chi connectivity index (χ2v) is 5.12. The van der Waals surface area contributed by atoms with E-state index in [4.69, 9.17) is 0 Å². The molecule has 7 heteroatoms. The van der Waals surface area contributed by atoms with E-state index in [0.29, 0.717) is 0 Å². The molecule has 0 bridgehead atoms. The molecule has 0 unspecified atom stereocenters. The molecule has 6 nitrogen and oxygen atoms in total. The van der Waals surface area contributed by atoms with Crippen molar-refractivity contribution in [3.8, 4) is 0 Å². The summed E-state index contributed by atoms with van der Waals surface area (Å²) in [6.45, 7) is 1.91.